The highest BCUT2D eigenvalue weighted by molar-refractivity contribution is 5.68. The van der Waals surface area contributed by atoms with E-state index in [0.29, 0.717) is 6.42 Å². The molecular formula is C15H18N2O2. The number of aliphatic carboxylic acids is 1. The van der Waals surface area contributed by atoms with Crippen LogP contribution < -0.4 is 0 Å². The molecule has 0 spiro atoms. The summed E-state index contributed by atoms with van der Waals surface area (Å²) in [4.78, 5) is 10.6. The molecule has 0 fully saturated rings. The van der Waals surface area contributed by atoms with E-state index in [1.54, 1.807) is 0 Å². The van der Waals surface area contributed by atoms with Crippen LogP contribution in [0.2, 0.25) is 0 Å². The van der Waals surface area contributed by atoms with Crippen molar-refractivity contribution in [1.82, 2.24) is 10.2 Å². The summed E-state index contributed by atoms with van der Waals surface area (Å²) in [5, 5.41) is 16.0. The third-order valence-electron chi connectivity index (χ3n) is 3.48. The highest BCUT2D eigenvalue weighted by atomic mass is 16.4. The maximum absolute atomic E-state index is 10.6. The van der Waals surface area contributed by atoms with Gasteiger partial charge in [-0.15, -0.1) is 0 Å². The number of aromatic amines is 1. The van der Waals surface area contributed by atoms with Gasteiger partial charge in [0.2, 0.25) is 0 Å². The third kappa shape index (κ3) is 2.84. The first kappa shape index (κ1) is 13.3. The van der Waals surface area contributed by atoms with Gasteiger partial charge in [0.05, 0.1) is 12.1 Å². The molecule has 0 saturated carbocycles. The Hall–Kier alpha value is -2.10. The average Bonchev–Trinajstić information content (AvgIpc) is 2.72. The smallest absolute Gasteiger partial charge is 0.303 e. The summed E-state index contributed by atoms with van der Waals surface area (Å²) in [6.45, 7) is 6.13. The summed E-state index contributed by atoms with van der Waals surface area (Å²) in [7, 11) is 0. The van der Waals surface area contributed by atoms with Crippen LogP contribution in [0.25, 0.3) is 11.3 Å². The minimum absolute atomic E-state index is 0.120. The van der Waals surface area contributed by atoms with Gasteiger partial charge in [-0.1, -0.05) is 12.1 Å². The van der Waals surface area contributed by atoms with Crippen LogP contribution in [-0.4, -0.2) is 21.3 Å². The number of nitrogens with one attached hydrogen (secondary N) is 1. The molecule has 0 unspecified atom stereocenters. The number of H-pyrrole nitrogens is 1. The van der Waals surface area contributed by atoms with Crippen molar-refractivity contribution in [2.45, 2.75) is 33.6 Å². The number of benzene rings is 1. The van der Waals surface area contributed by atoms with Gasteiger partial charge in [0.1, 0.15) is 0 Å². The van der Waals surface area contributed by atoms with Gasteiger partial charge in [-0.2, -0.15) is 5.10 Å². The molecule has 0 amide bonds. The Balaban J connectivity index is 2.30. The quantitative estimate of drug-likeness (QED) is 0.885. The van der Waals surface area contributed by atoms with Crippen molar-refractivity contribution in [2.75, 3.05) is 0 Å². The largest absolute Gasteiger partial charge is 0.481 e. The van der Waals surface area contributed by atoms with Crippen LogP contribution in [-0.2, 0) is 11.2 Å². The Morgan fingerprint density at radius 3 is 2.63 bits per heavy atom. The van der Waals surface area contributed by atoms with Gasteiger partial charge in [-0.05, 0) is 49.9 Å². The SMILES string of the molecule is Cc1ccc(-c2n[nH]c(CCC(=O)O)c2C)cc1C. The fourth-order valence-electron chi connectivity index (χ4n) is 2.08. The molecule has 100 valence electrons. The Kier molecular flexibility index (Phi) is 3.69. The maximum atomic E-state index is 10.6. The molecule has 1 aromatic heterocycles. The highest BCUT2D eigenvalue weighted by Crippen LogP contribution is 2.25. The van der Waals surface area contributed by atoms with Crippen LogP contribution >= 0.6 is 0 Å². The van der Waals surface area contributed by atoms with Crippen molar-refractivity contribution in [3.05, 3.63) is 40.6 Å². The summed E-state index contributed by atoms with van der Waals surface area (Å²) >= 11 is 0. The molecule has 0 atom stereocenters. The Labute approximate surface area is 112 Å². The number of carboxylic acid groups (broad SMARTS) is 1. The molecule has 1 aromatic carbocycles. The number of rotatable bonds is 4. The molecule has 19 heavy (non-hydrogen) atoms. The van der Waals surface area contributed by atoms with E-state index in [1.165, 1.54) is 11.1 Å². The molecule has 4 heteroatoms. The van der Waals surface area contributed by atoms with E-state index < -0.39 is 5.97 Å². The predicted molar refractivity (Wildman–Crippen MR) is 74.2 cm³/mol. The van der Waals surface area contributed by atoms with E-state index in [1.807, 2.05) is 13.0 Å². The monoisotopic (exact) mass is 258 g/mol. The third-order valence-corrected chi connectivity index (χ3v) is 3.48. The minimum atomic E-state index is -0.790. The topological polar surface area (TPSA) is 66.0 Å². The van der Waals surface area contributed by atoms with Gasteiger partial charge < -0.3 is 5.11 Å². The molecule has 2 N–H and O–H groups in total. The van der Waals surface area contributed by atoms with Gasteiger partial charge in [0.25, 0.3) is 0 Å². The zero-order valence-corrected chi connectivity index (χ0v) is 11.4. The lowest BCUT2D eigenvalue weighted by atomic mass is 10.0. The predicted octanol–water partition coefficient (Wildman–Crippen LogP) is 3.02. The fraction of sp³-hybridized carbons (Fsp3) is 0.333. The molecule has 0 aliphatic rings. The number of aromatic nitrogens is 2. The van der Waals surface area contributed by atoms with E-state index in [9.17, 15) is 4.79 Å². The molecule has 0 aliphatic heterocycles. The first-order valence-corrected chi connectivity index (χ1v) is 6.32. The van der Waals surface area contributed by atoms with Gasteiger partial charge in [-0.25, -0.2) is 0 Å². The summed E-state index contributed by atoms with van der Waals surface area (Å²) in [5.74, 6) is -0.790. The first-order chi connectivity index (χ1) is 8.99. The molecule has 2 rings (SSSR count). The van der Waals surface area contributed by atoms with E-state index in [-0.39, 0.29) is 6.42 Å². The maximum Gasteiger partial charge on any atom is 0.303 e. The van der Waals surface area contributed by atoms with E-state index >= 15 is 0 Å². The van der Waals surface area contributed by atoms with E-state index in [2.05, 4.69) is 36.2 Å². The molecule has 2 aromatic rings. The van der Waals surface area contributed by atoms with Crippen molar-refractivity contribution < 1.29 is 9.90 Å². The van der Waals surface area contributed by atoms with Crippen molar-refractivity contribution >= 4 is 5.97 Å². The average molecular weight is 258 g/mol. The minimum Gasteiger partial charge on any atom is -0.481 e. The van der Waals surface area contributed by atoms with Crippen LogP contribution in [0.1, 0.15) is 28.8 Å². The zero-order valence-electron chi connectivity index (χ0n) is 11.4. The second-order valence-electron chi connectivity index (χ2n) is 4.87. The molecule has 0 saturated heterocycles. The number of hydrogen-bond donors (Lipinski definition) is 2. The summed E-state index contributed by atoms with van der Waals surface area (Å²) < 4.78 is 0. The van der Waals surface area contributed by atoms with Crippen molar-refractivity contribution in [3.63, 3.8) is 0 Å². The lowest BCUT2D eigenvalue weighted by Gasteiger charge is -2.04. The van der Waals surface area contributed by atoms with Crippen LogP contribution in [0.3, 0.4) is 0 Å². The number of nitrogens with zero attached hydrogens (tertiary/aromatic N) is 1. The summed E-state index contributed by atoms with van der Waals surface area (Å²) in [6, 6.07) is 6.24. The zero-order chi connectivity index (χ0) is 14.0. The molecule has 0 radical (unpaired) electrons. The number of hydrogen-bond acceptors (Lipinski definition) is 2. The Bertz CT molecular complexity index is 615. The molecule has 0 bridgehead atoms. The Morgan fingerprint density at radius 1 is 1.26 bits per heavy atom. The lowest BCUT2D eigenvalue weighted by molar-refractivity contribution is -0.136. The van der Waals surface area contributed by atoms with Crippen LogP contribution in [0.15, 0.2) is 18.2 Å². The van der Waals surface area contributed by atoms with Crippen molar-refractivity contribution in [2.24, 2.45) is 0 Å². The molecule has 0 aliphatic carbocycles. The lowest BCUT2D eigenvalue weighted by Crippen LogP contribution is -1.98. The standard InChI is InChI=1S/C15H18N2O2/c1-9-4-5-12(8-10(9)2)15-11(3)13(16-17-15)6-7-14(18)19/h4-5,8H,6-7H2,1-3H3,(H,16,17)(H,18,19). The number of carboxylic acids is 1. The van der Waals surface area contributed by atoms with Gasteiger partial charge in [-0.3, -0.25) is 9.89 Å². The van der Waals surface area contributed by atoms with Crippen LogP contribution in [0.5, 0.6) is 0 Å². The van der Waals surface area contributed by atoms with E-state index in [4.69, 9.17) is 5.11 Å². The fourth-order valence-corrected chi connectivity index (χ4v) is 2.08. The molecule has 4 nitrogen and oxygen atoms in total. The van der Waals surface area contributed by atoms with Gasteiger partial charge >= 0.3 is 5.97 Å². The summed E-state index contributed by atoms with van der Waals surface area (Å²) in [6.07, 6.45) is 0.606. The van der Waals surface area contributed by atoms with Gasteiger partial charge in [0.15, 0.2) is 0 Å². The second-order valence-corrected chi connectivity index (χ2v) is 4.87. The van der Waals surface area contributed by atoms with Crippen LogP contribution in [0, 0.1) is 20.8 Å². The Morgan fingerprint density at radius 2 is 2.00 bits per heavy atom. The molecular weight excluding hydrogens is 240 g/mol. The first-order valence-electron chi connectivity index (χ1n) is 6.32. The van der Waals surface area contributed by atoms with Gasteiger partial charge in [0, 0.05) is 11.3 Å². The second kappa shape index (κ2) is 5.26. The van der Waals surface area contributed by atoms with Crippen molar-refractivity contribution in [1.29, 1.82) is 0 Å². The van der Waals surface area contributed by atoms with Crippen LogP contribution in [0.4, 0.5) is 0 Å². The molecule has 1 heterocycles. The van der Waals surface area contributed by atoms with Crippen molar-refractivity contribution in [3.8, 4) is 11.3 Å². The number of aryl methyl sites for hydroxylation is 3. The van der Waals surface area contributed by atoms with E-state index in [0.717, 1.165) is 22.5 Å². The highest BCUT2D eigenvalue weighted by Gasteiger charge is 2.12. The normalized spacial score (nSPS) is 10.7. The summed E-state index contributed by atoms with van der Waals surface area (Å²) in [5.41, 5.74) is 6.39. The number of carbonyl (C=O) groups is 1.